The van der Waals surface area contributed by atoms with Crippen molar-refractivity contribution in [1.82, 2.24) is 0 Å². The number of ether oxygens (including phenoxy) is 1. The van der Waals surface area contributed by atoms with E-state index in [-0.39, 0.29) is 67.2 Å². The van der Waals surface area contributed by atoms with Gasteiger partial charge in [0.2, 0.25) is 0 Å². The van der Waals surface area contributed by atoms with Crippen LogP contribution in [0.4, 0.5) is 4.39 Å². The van der Waals surface area contributed by atoms with Crippen molar-refractivity contribution >= 4 is 21.9 Å². The zero-order valence-electron chi connectivity index (χ0n) is 9.69. The van der Waals surface area contributed by atoms with E-state index < -0.39 is 24.8 Å². The van der Waals surface area contributed by atoms with Crippen molar-refractivity contribution in [2.45, 2.75) is 0 Å². The first-order chi connectivity index (χ1) is 8.06. The van der Waals surface area contributed by atoms with Gasteiger partial charge in [0.25, 0.3) is 0 Å². The van der Waals surface area contributed by atoms with Gasteiger partial charge in [-0.2, -0.15) is 0 Å². The molecule has 0 atom stereocenters. The normalized spacial score (nSPS) is 9.68. The summed E-state index contributed by atoms with van der Waals surface area (Å²) in [5.74, 6) is -1.81. The topological polar surface area (TPSA) is 121 Å². The van der Waals surface area contributed by atoms with E-state index in [1.165, 1.54) is 7.11 Å². The van der Waals surface area contributed by atoms with Crippen molar-refractivity contribution in [3.05, 3.63) is 28.0 Å². The summed E-state index contributed by atoms with van der Waals surface area (Å²) >= 11 is -2.69. The van der Waals surface area contributed by atoms with E-state index >= 15 is 0 Å². The average Bonchev–Trinajstić information content (AvgIpc) is 2.14. The summed E-state index contributed by atoms with van der Waals surface area (Å²) in [5.41, 5.74) is -0.0294. The maximum atomic E-state index is 12.9. The van der Waals surface area contributed by atoms with Crippen LogP contribution in [0, 0.1) is 5.82 Å². The summed E-state index contributed by atoms with van der Waals surface area (Å²) in [6.45, 7) is 0. The van der Waals surface area contributed by atoms with Crippen LogP contribution in [0.1, 0.15) is 10.4 Å². The molecule has 7 nitrogen and oxygen atoms in total. The standard InChI is InChI=1S/C8H6BrFO3.K.Mn.4O/c1-13-7-2-4(8(11)12)5(9)3-6(7)10;;;;;;/h2-3H,1H3,(H,11,12);;;;;;/q;+1;;;;;-1. The molecular formula is C8H6BrFKMnO7. The number of benzene rings is 1. The molecule has 0 aliphatic heterocycles. The monoisotopic (exact) mass is 406 g/mol. The van der Waals surface area contributed by atoms with Crippen LogP contribution in [0.15, 0.2) is 16.6 Å². The number of hydrogen-bond acceptors (Lipinski definition) is 6. The van der Waals surface area contributed by atoms with Gasteiger partial charge in [-0.3, -0.25) is 0 Å². The molecular weight excluding hydrogens is 401 g/mol. The number of hydrogen-bond donors (Lipinski definition) is 1. The molecule has 0 heterocycles. The Balaban J connectivity index is 0. The summed E-state index contributed by atoms with van der Waals surface area (Å²) in [4.78, 5) is 10.6. The second kappa shape index (κ2) is 9.37. The third kappa shape index (κ3) is 9.88. The van der Waals surface area contributed by atoms with Crippen molar-refractivity contribution in [3.63, 3.8) is 0 Å². The molecule has 0 amide bonds. The van der Waals surface area contributed by atoms with E-state index in [0.717, 1.165) is 12.1 Å². The molecule has 0 bridgehead atoms. The van der Waals surface area contributed by atoms with Crippen LogP contribution in [0.25, 0.3) is 0 Å². The molecule has 0 saturated carbocycles. The fraction of sp³-hybridized carbons (Fsp3) is 0.125. The van der Waals surface area contributed by atoms with Crippen LogP contribution in [-0.4, -0.2) is 18.2 Å². The first-order valence-electron chi connectivity index (χ1n) is 3.94. The Morgan fingerprint density at radius 2 is 1.84 bits per heavy atom. The van der Waals surface area contributed by atoms with Crippen molar-refractivity contribution in [2.24, 2.45) is 0 Å². The predicted molar refractivity (Wildman–Crippen MR) is 49.7 cm³/mol. The molecule has 1 rings (SSSR count). The Bertz CT molecular complexity index is 597. The molecule has 11 heteroatoms. The number of methoxy groups -OCH3 is 1. The van der Waals surface area contributed by atoms with Gasteiger partial charge in [-0.25, -0.2) is 9.18 Å². The molecule has 0 fully saturated rings. The number of halogens is 2. The van der Waals surface area contributed by atoms with Crippen molar-refractivity contribution in [3.8, 4) is 5.75 Å². The fourth-order valence-corrected chi connectivity index (χ4v) is 1.33. The van der Waals surface area contributed by atoms with Gasteiger partial charge in [-0.15, -0.1) is 0 Å². The third-order valence-electron chi connectivity index (χ3n) is 1.47. The van der Waals surface area contributed by atoms with Gasteiger partial charge in [0, 0.05) is 4.47 Å². The molecule has 1 aromatic carbocycles. The van der Waals surface area contributed by atoms with E-state index in [0.29, 0.717) is 0 Å². The summed E-state index contributed by atoms with van der Waals surface area (Å²) < 4.78 is 52.1. The molecule has 19 heavy (non-hydrogen) atoms. The van der Waals surface area contributed by atoms with Gasteiger partial charge in [0.1, 0.15) is 0 Å². The zero-order chi connectivity index (χ0) is 14.5. The minimum absolute atomic E-state index is 0. The summed E-state index contributed by atoms with van der Waals surface area (Å²) in [6.07, 6.45) is 0. The molecule has 1 aromatic rings. The molecule has 0 unspecified atom stereocenters. The van der Waals surface area contributed by atoms with Gasteiger partial charge in [0.05, 0.1) is 12.7 Å². The zero-order valence-corrected chi connectivity index (χ0v) is 15.6. The van der Waals surface area contributed by atoms with Crippen LogP contribution in [0.5, 0.6) is 5.75 Å². The Morgan fingerprint density at radius 3 is 2.16 bits per heavy atom. The van der Waals surface area contributed by atoms with Crippen LogP contribution >= 0.6 is 15.9 Å². The Kier molecular flexibility index (Phi) is 10.7. The van der Waals surface area contributed by atoms with Gasteiger partial charge in [-0.05, 0) is 28.1 Å². The van der Waals surface area contributed by atoms with E-state index in [4.69, 9.17) is 20.8 Å². The van der Waals surface area contributed by atoms with Gasteiger partial charge in [-0.1, -0.05) is 0 Å². The summed E-state index contributed by atoms with van der Waals surface area (Å²) in [6, 6.07) is 2.18. The van der Waals surface area contributed by atoms with Gasteiger partial charge < -0.3 is 9.84 Å². The molecule has 0 spiro atoms. The second-order valence-corrected chi connectivity index (χ2v) is 4.68. The number of rotatable bonds is 2. The molecule has 0 aromatic heterocycles. The van der Waals surface area contributed by atoms with Crippen LogP contribution < -0.4 is 60.3 Å². The summed E-state index contributed by atoms with van der Waals surface area (Å²) in [7, 11) is 1.28. The Labute approximate surface area is 159 Å². The van der Waals surface area contributed by atoms with E-state index in [2.05, 4.69) is 20.7 Å². The third-order valence-corrected chi connectivity index (χ3v) is 2.13. The number of carboxylic acids is 1. The quantitative estimate of drug-likeness (QED) is 0.550. The molecule has 102 valence electrons. The first-order valence-corrected chi connectivity index (χ1v) is 6.66. The van der Waals surface area contributed by atoms with Crippen LogP contribution in [0.3, 0.4) is 0 Å². The van der Waals surface area contributed by atoms with Crippen molar-refractivity contribution in [2.75, 3.05) is 7.11 Å². The van der Waals surface area contributed by atoms with Gasteiger partial charge >= 0.3 is 86.0 Å². The maximum absolute atomic E-state index is 12.9. The summed E-state index contributed by atoms with van der Waals surface area (Å²) in [5, 5.41) is 8.67. The Morgan fingerprint density at radius 1 is 1.42 bits per heavy atom. The Hall–Kier alpha value is 0.416. The number of aromatic carboxylic acids is 1. The van der Waals surface area contributed by atoms with Crippen LogP contribution in [-0.2, 0) is 24.5 Å². The van der Waals surface area contributed by atoms with E-state index in [9.17, 15) is 9.18 Å². The van der Waals surface area contributed by atoms with E-state index in [1.54, 1.807) is 0 Å². The molecule has 0 aliphatic carbocycles. The second-order valence-electron chi connectivity index (χ2n) is 2.65. The van der Waals surface area contributed by atoms with Crippen molar-refractivity contribution < 1.29 is 99.1 Å². The first kappa shape index (κ1) is 21.7. The van der Waals surface area contributed by atoms with Gasteiger partial charge in [0.15, 0.2) is 11.6 Å². The molecule has 0 aliphatic rings. The average molecular weight is 407 g/mol. The number of carbonyl (C=O) groups is 1. The SMILES string of the molecule is COc1cc(C(=O)O)c(Br)cc1F.[K+].[O]=[Mn](=[O])(=[O])[O-]. The number of carboxylic acid groups (broad SMARTS) is 1. The minimum atomic E-state index is -5.62. The molecule has 1 N–H and O–H groups in total. The molecule has 0 radical (unpaired) electrons. The van der Waals surface area contributed by atoms with Crippen molar-refractivity contribution in [1.29, 1.82) is 0 Å². The fourth-order valence-electron chi connectivity index (χ4n) is 0.849. The van der Waals surface area contributed by atoms with E-state index in [1.807, 2.05) is 0 Å². The molecule has 0 saturated heterocycles. The van der Waals surface area contributed by atoms with Crippen LogP contribution in [0.2, 0.25) is 0 Å². The predicted octanol–water partition coefficient (Wildman–Crippen LogP) is -2.25.